The quantitative estimate of drug-likeness (QED) is 0.724. The number of hydrogen-bond donors (Lipinski definition) is 1. The van der Waals surface area contributed by atoms with E-state index >= 15 is 0 Å². The molecule has 3 aromatic rings. The Labute approximate surface area is 140 Å². The SMILES string of the molecule is COc1ccc(-c2nc(CN[C@@H](C)Cn3cccn3)cs2)cc1. The van der Waals surface area contributed by atoms with Crippen molar-refractivity contribution in [2.24, 2.45) is 0 Å². The van der Waals surface area contributed by atoms with Gasteiger partial charge in [0.1, 0.15) is 10.8 Å². The third kappa shape index (κ3) is 4.18. The molecule has 0 fully saturated rings. The minimum atomic E-state index is 0.334. The molecule has 0 radical (unpaired) electrons. The Morgan fingerprint density at radius 2 is 2.13 bits per heavy atom. The van der Waals surface area contributed by atoms with Crippen LogP contribution in [0.4, 0.5) is 0 Å². The third-order valence-corrected chi connectivity index (χ3v) is 4.48. The maximum atomic E-state index is 5.18. The molecule has 0 aliphatic heterocycles. The van der Waals surface area contributed by atoms with Crippen molar-refractivity contribution in [2.45, 2.75) is 26.1 Å². The van der Waals surface area contributed by atoms with Gasteiger partial charge in [0.2, 0.25) is 0 Å². The Morgan fingerprint density at radius 3 is 2.83 bits per heavy atom. The number of methoxy groups -OCH3 is 1. The molecular weight excluding hydrogens is 308 g/mol. The van der Waals surface area contributed by atoms with Gasteiger partial charge < -0.3 is 10.1 Å². The first-order valence-corrected chi connectivity index (χ1v) is 8.42. The predicted octanol–water partition coefficient (Wildman–Crippen LogP) is 3.19. The van der Waals surface area contributed by atoms with Gasteiger partial charge in [-0.1, -0.05) is 0 Å². The topological polar surface area (TPSA) is 52.0 Å². The van der Waals surface area contributed by atoms with Crippen LogP contribution in [0.25, 0.3) is 10.6 Å². The molecular formula is C17H20N4OS. The van der Waals surface area contributed by atoms with Gasteiger partial charge in [-0.3, -0.25) is 4.68 Å². The maximum absolute atomic E-state index is 5.18. The van der Waals surface area contributed by atoms with Gasteiger partial charge in [-0.25, -0.2) is 4.98 Å². The zero-order chi connectivity index (χ0) is 16.1. The molecule has 0 amide bonds. The number of ether oxygens (including phenoxy) is 1. The van der Waals surface area contributed by atoms with E-state index in [9.17, 15) is 0 Å². The van der Waals surface area contributed by atoms with Crippen molar-refractivity contribution in [2.75, 3.05) is 7.11 Å². The van der Waals surface area contributed by atoms with Crippen LogP contribution in [0.15, 0.2) is 48.1 Å². The van der Waals surface area contributed by atoms with E-state index in [1.165, 1.54) is 0 Å². The fourth-order valence-corrected chi connectivity index (χ4v) is 3.11. The second kappa shape index (κ2) is 7.39. The van der Waals surface area contributed by atoms with Gasteiger partial charge in [0.05, 0.1) is 19.3 Å². The van der Waals surface area contributed by atoms with Crippen molar-refractivity contribution >= 4 is 11.3 Å². The molecule has 1 atom stereocenters. The zero-order valence-electron chi connectivity index (χ0n) is 13.3. The van der Waals surface area contributed by atoms with E-state index in [0.29, 0.717) is 6.04 Å². The number of nitrogens with zero attached hydrogens (tertiary/aromatic N) is 3. The van der Waals surface area contributed by atoms with Crippen LogP contribution in [-0.4, -0.2) is 27.9 Å². The Morgan fingerprint density at radius 1 is 1.30 bits per heavy atom. The van der Waals surface area contributed by atoms with Crippen molar-refractivity contribution < 1.29 is 4.74 Å². The Bertz CT molecular complexity index is 721. The zero-order valence-corrected chi connectivity index (χ0v) is 14.1. The van der Waals surface area contributed by atoms with E-state index in [1.54, 1.807) is 24.6 Å². The molecule has 0 bridgehead atoms. The summed E-state index contributed by atoms with van der Waals surface area (Å²) in [5, 5.41) is 10.8. The molecule has 120 valence electrons. The van der Waals surface area contributed by atoms with Crippen LogP contribution in [0.1, 0.15) is 12.6 Å². The average Bonchev–Trinajstić information content (AvgIpc) is 3.25. The lowest BCUT2D eigenvalue weighted by Gasteiger charge is -2.12. The van der Waals surface area contributed by atoms with Gasteiger partial charge in [0, 0.05) is 35.9 Å². The van der Waals surface area contributed by atoms with E-state index in [1.807, 2.05) is 41.2 Å². The summed E-state index contributed by atoms with van der Waals surface area (Å²) in [6, 6.07) is 10.3. The van der Waals surface area contributed by atoms with Crippen LogP contribution in [0.5, 0.6) is 5.75 Å². The van der Waals surface area contributed by atoms with E-state index in [0.717, 1.165) is 35.1 Å². The second-order valence-electron chi connectivity index (χ2n) is 5.38. The van der Waals surface area contributed by atoms with Gasteiger partial charge in [-0.05, 0) is 37.3 Å². The van der Waals surface area contributed by atoms with Gasteiger partial charge >= 0.3 is 0 Å². The number of aromatic nitrogens is 3. The Kier molecular flexibility index (Phi) is 5.05. The highest BCUT2D eigenvalue weighted by molar-refractivity contribution is 7.13. The molecule has 5 nitrogen and oxygen atoms in total. The highest BCUT2D eigenvalue weighted by Crippen LogP contribution is 2.25. The summed E-state index contributed by atoms with van der Waals surface area (Å²) in [6.07, 6.45) is 3.77. The molecule has 1 aromatic carbocycles. The van der Waals surface area contributed by atoms with E-state index < -0.39 is 0 Å². The minimum absolute atomic E-state index is 0.334. The lowest BCUT2D eigenvalue weighted by atomic mass is 10.2. The summed E-state index contributed by atoms with van der Waals surface area (Å²) in [5.41, 5.74) is 2.18. The van der Waals surface area contributed by atoms with E-state index in [4.69, 9.17) is 9.72 Å². The maximum Gasteiger partial charge on any atom is 0.123 e. The molecule has 2 aromatic heterocycles. The van der Waals surface area contributed by atoms with Crippen molar-refractivity contribution in [1.29, 1.82) is 0 Å². The lowest BCUT2D eigenvalue weighted by Crippen LogP contribution is -2.30. The molecule has 1 N–H and O–H groups in total. The average molecular weight is 328 g/mol. The number of hydrogen-bond acceptors (Lipinski definition) is 5. The lowest BCUT2D eigenvalue weighted by molar-refractivity contribution is 0.415. The van der Waals surface area contributed by atoms with Crippen LogP contribution in [0.2, 0.25) is 0 Å². The summed E-state index contributed by atoms with van der Waals surface area (Å²) in [7, 11) is 1.67. The van der Waals surface area contributed by atoms with Gasteiger partial charge in [-0.15, -0.1) is 11.3 Å². The largest absolute Gasteiger partial charge is 0.497 e. The van der Waals surface area contributed by atoms with Crippen molar-refractivity contribution in [3.8, 4) is 16.3 Å². The van der Waals surface area contributed by atoms with Gasteiger partial charge in [-0.2, -0.15) is 5.10 Å². The highest BCUT2D eigenvalue weighted by atomic mass is 32.1. The number of benzene rings is 1. The first-order valence-electron chi connectivity index (χ1n) is 7.54. The van der Waals surface area contributed by atoms with Crippen LogP contribution >= 0.6 is 11.3 Å². The first kappa shape index (κ1) is 15.7. The fourth-order valence-electron chi connectivity index (χ4n) is 2.29. The van der Waals surface area contributed by atoms with Crippen molar-refractivity contribution in [3.63, 3.8) is 0 Å². The molecule has 3 rings (SSSR count). The number of rotatable bonds is 7. The predicted molar refractivity (Wildman–Crippen MR) is 92.6 cm³/mol. The Balaban J connectivity index is 1.56. The van der Waals surface area contributed by atoms with Crippen molar-refractivity contribution in [1.82, 2.24) is 20.1 Å². The normalized spacial score (nSPS) is 12.3. The van der Waals surface area contributed by atoms with E-state index in [-0.39, 0.29) is 0 Å². The molecule has 0 saturated heterocycles. The molecule has 0 aliphatic rings. The van der Waals surface area contributed by atoms with Gasteiger partial charge in [0.25, 0.3) is 0 Å². The number of nitrogens with one attached hydrogen (secondary N) is 1. The number of thiazole rings is 1. The summed E-state index contributed by atoms with van der Waals surface area (Å²) < 4.78 is 7.12. The molecule has 0 saturated carbocycles. The molecule has 0 spiro atoms. The van der Waals surface area contributed by atoms with Crippen LogP contribution < -0.4 is 10.1 Å². The molecule has 0 unspecified atom stereocenters. The summed E-state index contributed by atoms with van der Waals surface area (Å²) in [6.45, 7) is 3.76. The molecule has 2 heterocycles. The summed E-state index contributed by atoms with van der Waals surface area (Å²) in [4.78, 5) is 4.70. The van der Waals surface area contributed by atoms with Gasteiger partial charge in [0.15, 0.2) is 0 Å². The van der Waals surface area contributed by atoms with Crippen LogP contribution in [-0.2, 0) is 13.1 Å². The molecule has 0 aliphatic carbocycles. The van der Waals surface area contributed by atoms with Crippen molar-refractivity contribution in [3.05, 3.63) is 53.8 Å². The smallest absolute Gasteiger partial charge is 0.123 e. The summed E-state index contributed by atoms with van der Waals surface area (Å²) in [5.74, 6) is 0.861. The summed E-state index contributed by atoms with van der Waals surface area (Å²) >= 11 is 1.66. The highest BCUT2D eigenvalue weighted by Gasteiger charge is 2.07. The van der Waals surface area contributed by atoms with Crippen LogP contribution in [0, 0.1) is 0 Å². The van der Waals surface area contributed by atoms with E-state index in [2.05, 4.69) is 22.7 Å². The third-order valence-electron chi connectivity index (χ3n) is 3.54. The monoisotopic (exact) mass is 328 g/mol. The second-order valence-corrected chi connectivity index (χ2v) is 6.24. The first-order chi connectivity index (χ1) is 11.2. The minimum Gasteiger partial charge on any atom is -0.497 e. The van der Waals surface area contributed by atoms with Crippen LogP contribution in [0.3, 0.4) is 0 Å². The molecule has 6 heteroatoms. The fraction of sp³-hybridized carbons (Fsp3) is 0.294. The standard InChI is InChI=1S/C17H20N4OS/c1-13(11-21-9-3-8-19-21)18-10-15-12-23-17(20-15)14-4-6-16(22-2)7-5-14/h3-9,12-13,18H,10-11H2,1-2H3/t13-/m0/s1. The molecule has 23 heavy (non-hydrogen) atoms. The Hall–Kier alpha value is -2.18.